The van der Waals surface area contributed by atoms with E-state index in [1.807, 2.05) is 0 Å². The van der Waals surface area contributed by atoms with Crippen LogP contribution in [-0.4, -0.2) is 30.6 Å². The zero-order chi connectivity index (χ0) is 20.1. The zero-order valence-electron chi connectivity index (χ0n) is 15.0. The van der Waals surface area contributed by atoms with Gasteiger partial charge in [0, 0.05) is 16.1 Å². The summed E-state index contributed by atoms with van der Waals surface area (Å²) in [4.78, 5) is 11.6. The van der Waals surface area contributed by atoms with Crippen molar-refractivity contribution in [1.82, 2.24) is 0 Å². The molecule has 0 heterocycles. The normalized spacial score (nSPS) is 16.8. The molecule has 0 aliphatic heterocycles. The van der Waals surface area contributed by atoms with Crippen molar-refractivity contribution < 1.29 is 23.4 Å². The molecule has 28 heavy (non-hydrogen) atoms. The van der Waals surface area contributed by atoms with Crippen LogP contribution in [0, 0.1) is 0 Å². The third-order valence-electron chi connectivity index (χ3n) is 5.05. The molecule has 0 aromatic heterocycles. The monoisotopic (exact) mass is 465 g/mol. The highest BCUT2D eigenvalue weighted by atomic mass is 79.9. The first-order chi connectivity index (χ1) is 13.2. The Balaban J connectivity index is 1.74. The number of nitrogens with one attached hydrogen (secondary N) is 1. The molecule has 0 saturated heterocycles. The van der Waals surface area contributed by atoms with Gasteiger partial charge in [0.15, 0.2) is 9.84 Å². The summed E-state index contributed by atoms with van der Waals surface area (Å²) in [6, 6.07) is 8.39. The standard InChI is InChI=1S/C20H20BrNO5S/c21-14-3-6-17(22-15-4-5-15)18(9-14)28(26,27)10-13-7-12(11-1-2-11)8-16(19(13)23)20(24)25/h3,6-9,11,15,22-23H,1-2,4-5,10H2,(H,24,25). The Hall–Kier alpha value is -2.06. The molecule has 2 aromatic carbocycles. The van der Waals surface area contributed by atoms with E-state index in [9.17, 15) is 23.4 Å². The van der Waals surface area contributed by atoms with Gasteiger partial charge in [0.1, 0.15) is 11.3 Å². The number of hydrogen-bond acceptors (Lipinski definition) is 5. The van der Waals surface area contributed by atoms with E-state index >= 15 is 0 Å². The average Bonchev–Trinajstić information content (AvgIpc) is 3.51. The zero-order valence-corrected chi connectivity index (χ0v) is 17.4. The number of phenols is 1. The second-order valence-corrected chi connectivity index (χ2v) is 10.3. The lowest BCUT2D eigenvalue weighted by Crippen LogP contribution is -2.12. The van der Waals surface area contributed by atoms with Crippen LogP contribution in [0.1, 0.15) is 53.1 Å². The van der Waals surface area contributed by atoms with Gasteiger partial charge in [-0.1, -0.05) is 22.0 Å². The molecule has 2 fully saturated rings. The molecule has 4 rings (SSSR count). The van der Waals surface area contributed by atoms with Crippen molar-refractivity contribution in [2.45, 2.75) is 48.3 Å². The Morgan fingerprint density at radius 2 is 1.86 bits per heavy atom. The van der Waals surface area contributed by atoms with Gasteiger partial charge < -0.3 is 15.5 Å². The summed E-state index contributed by atoms with van der Waals surface area (Å²) in [7, 11) is -3.82. The van der Waals surface area contributed by atoms with E-state index in [2.05, 4.69) is 21.2 Å². The fraction of sp³-hybridized carbons (Fsp3) is 0.350. The Kier molecular flexibility index (Phi) is 4.87. The maximum atomic E-state index is 13.2. The maximum Gasteiger partial charge on any atom is 0.339 e. The molecule has 148 valence electrons. The number of carbonyl (C=O) groups is 1. The molecule has 0 radical (unpaired) electrons. The van der Waals surface area contributed by atoms with Gasteiger partial charge in [0.25, 0.3) is 0 Å². The lowest BCUT2D eigenvalue weighted by atomic mass is 10.0. The van der Waals surface area contributed by atoms with Gasteiger partial charge in [0.2, 0.25) is 0 Å². The van der Waals surface area contributed by atoms with Gasteiger partial charge in [-0.05, 0) is 61.4 Å². The molecule has 0 atom stereocenters. The lowest BCUT2D eigenvalue weighted by Gasteiger charge is -2.15. The minimum Gasteiger partial charge on any atom is -0.507 e. The van der Waals surface area contributed by atoms with Gasteiger partial charge in [0.05, 0.1) is 16.3 Å². The average molecular weight is 466 g/mol. The highest BCUT2D eigenvalue weighted by molar-refractivity contribution is 9.10. The van der Waals surface area contributed by atoms with Crippen molar-refractivity contribution in [2.24, 2.45) is 0 Å². The second kappa shape index (κ2) is 7.08. The fourth-order valence-electron chi connectivity index (χ4n) is 3.25. The first-order valence-corrected chi connectivity index (χ1v) is 11.6. The maximum absolute atomic E-state index is 13.2. The van der Waals surface area contributed by atoms with Crippen LogP contribution in [0.15, 0.2) is 39.7 Å². The number of halogens is 1. The minimum atomic E-state index is -3.82. The number of sulfone groups is 1. The molecule has 6 nitrogen and oxygen atoms in total. The largest absolute Gasteiger partial charge is 0.507 e. The molecule has 0 amide bonds. The van der Waals surface area contributed by atoms with E-state index in [0.29, 0.717) is 10.2 Å². The number of hydrogen-bond donors (Lipinski definition) is 3. The third kappa shape index (κ3) is 4.03. The topological polar surface area (TPSA) is 104 Å². The lowest BCUT2D eigenvalue weighted by molar-refractivity contribution is 0.0693. The summed E-state index contributed by atoms with van der Waals surface area (Å²) >= 11 is 3.32. The number of carboxylic acid groups (broad SMARTS) is 1. The predicted molar refractivity (Wildman–Crippen MR) is 109 cm³/mol. The first kappa shape index (κ1) is 19.3. The van der Waals surface area contributed by atoms with Crippen molar-refractivity contribution in [3.8, 4) is 5.75 Å². The minimum absolute atomic E-state index is 0.124. The first-order valence-electron chi connectivity index (χ1n) is 9.12. The Labute approximate surface area is 171 Å². The van der Waals surface area contributed by atoms with Gasteiger partial charge in [-0.2, -0.15) is 0 Å². The summed E-state index contributed by atoms with van der Waals surface area (Å²) in [5.41, 5.74) is 1.17. The van der Waals surface area contributed by atoms with Gasteiger partial charge in [-0.3, -0.25) is 0 Å². The van der Waals surface area contributed by atoms with Crippen LogP contribution in [0.3, 0.4) is 0 Å². The van der Waals surface area contributed by atoms with Crippen molar-refractivity contribution in [3.63, 3.8) is 0 Å². The van der Waals surface area contributed by atoms with Gasteiger partial charge in [-0.15, -0.1) is 0 Å². The van der Waals surface area contributed by atoms with Crippen molar-refractivity contribution in [3.05, 3.63) is 51.5 Å². The second-order valence-electron chi connectivity index (χ2n) is 7.47. The van der Waals surface area contributed by atoms with Crippen LogP contribution in [0.4, 0.5) is 5.69 Å². The van der Waals surface area contributed by atoms with Crippen LogP contribution in [-0.2, 0) is 15.6 Å². The molecule has 2 aliphatic rings. The molecule has 8 heteroatoms. The number of rotatable bonds is 7. The number of aromatic carboxylic acids is 1. The molecule has 0 spiro atoms. The Morgan fingerprint density at radius 1 is 1.14 bits per heavy atom. The Bertz CT molecular complexity index is 1060. The summed E-state index contributed by atoms with van der Waals surface area (Å²) in [6.45, 7) is 0. The summed E-state index contributed by atoms with van der Waals surface area (Å²) in [6.07, 6.45) is 3.89. The number of aromatic hydroxyl groups is 1. The smallest absolute Gasteiger partial charge is 0.339 e. The van der Waals surface area contributed by atoms with Crippen LogP contribution in [0.2, 0.25) is 0 Å². The van der Waals surface area contributed by atoms with E-state index in [-0.39, 0.29) is 28.0 Å². The highest BCUT2D eigenvalue weighted by Gasteiger charge is 2.30. The van der Waals surface area contributed by atoms with Crippen LogP contribution >= 0.6 is 15.9 Å². The molecule has 0 unspecified atom stereocenters. The van der Waals surface area contributed by atoms with E-state index in [1.165, 1.54) is 6.07 Å². The highest BCUT2D eigenvalue weighted by Crippen LogP contribution is 2.43. The number of benzene rings is 2. The summed E-state index contributed by atoms with van der Waals surface area (Å²) < 4.78 is 27.0. The van der Waals surface area contributed by atoms with Crippen LogP contribution in [0.5, 0.6) is 5.75 Å². The number of carboxylic acids is 1. The van der Waals surface area contributed by atoms with E-state index in [4.69, 9.17) is 0 Å². The van der Waals surface area contributed by atoms with E-state index in [0.717, 1.165) is 31.2 Å². The molecule has 2 saturated carbocycles. The summed E-state index contributed by atoms with van der Waals surface area (Å²) in [5, 5.41) is 23.0. The quantitative estimate of drug-likeness (QED) is 0.563. The van der Waals surface area contributed by atoms with Crippen molar-refractivity contribution in [2.75, 3.05) is 5.32 Å². The van der Waals surface area contributed by atoms with Gasteiger partial charge >= 0.3 is 5.97 Å². The summed E-state index contributed by atoms with van der Waals surface area (Å²) in [5.74, 6) is -1.97. The van der Waals surface area contributed by atoms with Gasteiger partial charge in [-0.25, -0.2) is 13.2 Å². The molecular formula is C20H20BrNO5S. The Morgan fingerprint density at radius 3 is 2.46 bits per heavy atom. The third-order valence-corrected chi connectivity index (χ3v) is 7.24. The fourth-order valence-corrected chi connectivity index (χ4v) is 5.31. The van der Waals surface area contributed by atoms with Crippen LogP contribution in [0.25, 0.3) is 0 Å². The molecule has 3 N–H and O–H groups in total. The van der Waals surface area contributed by atoms with E-state index < -0.39 is 27.3 Å². The molecule has 2 aliphatic carbocycles. The van der Waals surface area contributed by atoms with Crippen molar-refractivity contribution in [1.29, 1.82) is 0 Å². The predicted octanol–water partition coefficient (Wildman–Crippen LogP) is 4.28. The molecule has 2 aromatic rings. The molecule has 0 bridgehead atoms. The molecular weight excluding hydrogens is 446 g/mol. The van der Waals surface area contributed by atoms with E-state index in [1.54, 1.807) is 24.3 Å². The SMILES string of the molecule is O=C(O)c1cc(C2CC2)cc(CS(=O)(=O)c2cc(Br)ccc2NC2CC2)c1O. The van der Waals surface area contributed by atoms with Crippen LogP contribution < -0.4 is 5.32 Å². The van der Waals surface area contributed by atoms with Crippen molar-refractivity contribution >= 4 is 37.4 Å². The number of anilines is 1.